The molecule has 1 aliphatic rings. The molecule has 1 aromatic carbocycles. The molecule has 1 atom stereocenters. The van der Waals surface area contributed by atoms with Crippen LogP contribution < -0.4 is 10.6 Å². The Bertz CT molecular complexity index is 360. The molecule has 0 radical (unpaired) electrons. The molecule has 0 bridgehead atoms. The fourth-order valence-corrected chi connectivity index (χ4v) is 2.70. The van der Waals surface area contributed by atoms with Gasteiger partial charge < -0.3 is 10.6 Å². The maximum Gasteiger partial charge on any atom is 0.00790 e. The van der Waals surface area contributed by atoms with Crippen LogP contribution in [0.4, 0.5) is 0 Å². The van der Waals surface area contributed by atoms with E-state index in [2.05, 4.69) is 48.7 Å². The molecule has 0 fully saturated rings. The molecule has 0 saturated carbocycles. The van der Waals surface area contributed by atoms with Crippen LogP contribution in [0.25, 0.3) is 0 Å². The van der Waals surface area contributed by atoms with E-state index in [-0.39, 0.29) is 0 Å². The zero-order valence-corrected chi connectivity index (χ0v) is 11.7. The average molecular weight is 246 g/mol. The first kappa shape index (κ1) is 13.6. The summed E-state index contributed by atoms with van der Waals surface area (Å²) in [5.41, 5.74) is 3.13. The first-order chi connectivity index (χ1) is 8.75. The normalized spacial score (nSPS) is 18.9. The van der Waals surface area contributed by atoms with E-state index in [0.29, 0.717) is 6.04 Å². The minimum absolute atomic E-state index is 0.591. The quantitative estimate of drug-likeness (QED) is 0.753. The van der Waals surface area contributed by atoms with Crippen molar-refractivity contribution in [1.82, 2.24) is 10.6 Å². The Morgan fingerprint density at radius 3 is 2.72 bits per heavy atom. The van der Waals surface area contributed by atoms with Gasteiger partial charge in [-0.25, -0.2) is 0 Å². The van der Waals surface area contributed by atoms with Crippen LogP contribution in [0, 0.1) is 5.92 Å². The zero-order chi connectivity index (χ0) is 12.8. The van der Waals surface area contributed by atoms with Crippen LogP contribution in [0.2, 0.25) is 0 Å². The largest absolute Gasteiger partial charge is 0.315 e. The topological polar surface area (TPSA) is 24.1 Å². The van der Waals surface area contributed by atoms with Crippen LogP contribution in [-0.4, -0.2) is 25.7 Å². The molecule has 0 spiro atoms. The summed E-state index contributed by atoms with van der Waals surface area (Å²) in [5, 5.41) is 7.02. The minimum Gasteiger partial charge on any atom is -0.315 e. The molecule has 2 rings (SSSR count). The Morgan fingerprint density at radius 1 is 1.17 bits per heavy atom. The predicted octanol–water partition coefficient (Wildman–Crippen LogP) is 2.38. The van der Waals surface area contributed by atoms with Crippen molar-refractivity contribution >= 4 is 0 Å². The van der Waals surface area contributed by atoms with E-state index in [1.165, 1.54) is 19.3 Å². The zero-order valence-electron chi connectivity index (χ0n) is 11.7. The van der Waals surface area contributed by atoms with Gasteiger partial charge in [0.25, 0.3) is 0 Å². The summed E-state index contributed by atoms with van der Waals surface area (Å²) in [6.07, 6.45) is 3.84. The van der Waals surface area contributed by atoms with Crippen molar-refractivity contribution in [2.75, 3.05) is 19.6 Å². The summed E-state index contributed by atoms with van der Waals surface area (Å²) >= 11 is 0. The Balaban J connectivity index is 1.67. The lowest BCUT2D eigenvalue weighted by atomic mass is 9.84. The number of hydrogen-bond acceptors (Lipinski definition) is 2. The summed E-state index contributed by atoms with van der Waals surface area (Å²) in [4.78, 5) is 0. The van der Waals surface area contributed by atoms with Crippen LogP contribution >= 0.6 is 0 Å². The van der Waals surface area contributed by atoms with Crippen LogP contribution in [-0.2, 0) is 12.8 Å². The number of fused-ring (bicyclic) bond motifs is 1. The van der Waals surface area contributed by atoms with Gasteiger partial charge in [-0.2, -0.15) is 0 Å². The van der Waals surface area contributed by atoms with Gasteiger partial charge in [0, 0.05) is 19.1 Å². The summed E-state index contributed by atoms with van der Waals surface area (Å²) < 4.78 is 0. The van der Waals surface area contributed by atoms with Gasteiger partial charge in [-0.3, -0.25) is 0 Å². The molecule has 18 heavy (non-hydrogen) atoms. The highest BCUT2D eigenvalue weighted by Crippen LogP contribution is 2.24. The highest BCUT2D eigenvalue weighted by molar-refractivity contribution is 5.29. The van der Waals surface area contributed by atoms with E-state index >= 15 is 0 Å². The number of nitrogens with one attached hydrogen (secondary N) is 2. The lowest BCUT2D eigenvalue weighted by molar-refractivity contribution is 0.420. The van der Waals surface area contributed by atoms with Crippen LogP contribution in [0.15, 0.2) is 24.3 Å². The van der Waals surface area contributed by atoms with Gasteiger partial charge in [-0.15, -0.1) is 0 Å². The van der Waals surface area contributed by atoms with Crippen LogP contribution in [0.5, 0.6) is 0 Å². The maximum absolute atomic E-state index is 3.58. The van der Waals surface area contributed by atoms with Crippen molar-refractivity contribution < 1.29 is 0 Å². The van der Waals surface area contributed by atoms with Crippen LogP contribution in [0.1, 0.15) is 31.4 Å². The van der Waals surface area contributed by atoms with E-state index < -0.39 is 0 Å². The molecule has 2 nitrogen and oxygen atoms in total. The van der Waals surface area contributed by atoms with Gasteiger partial charge in [0.15, 0.2) is 0 Å². The molecule has 1 aliphatic carbocycles. The fourth-order valence-electron chi connectivity index (χ4n) is 2.70. The maximum atomic E-state index is 3.58. The first-order valence-corrected chi connectivity index (χ1v) is 7.26. The lowest BCUT2D eigenvalue weighted by Crippen LogP contribution is -2.35. The molecule has 2 N–H and O–H groups in total. The van der Waals surface area contributed by atoms with Crippen molar-refractivity contribution in [2.24, 2.45) is 5.92 Å². The third-order valence-corrected chi connectivity index (χ3v) is 3.74. The molecule has 0 amide bonds. The first-order valence-electron chi connectivity index (χ1n) is 7.26. The number of hydrogen-bond donors (Lipinski definition) is 2. The molecular weight excluding hydrogens is 220 g/mol. The molecule has 1 unspecified atom stereocenters. The van der Waals surface area contributed by atoms with Crippen molar-refractivity contribution in [3.05, 3.63) is 35.4 Å². The second kappa shape index (κ2) is 6.91. The number of aryl methyl sites for hydroxylation is 1. The summed E-state index contributed by atoms with van der Waals surface area (Å²) in [6, 6.07) is 9.50. The molecule has 100 valence electrons. The molecule has 0 aromatic heterocycles. The standard InChI is InChI=1S/C16H26N2/c1-13(2)18-10-9-17-12-14-7-8-15-5-3-4-6-16(15)11-14/h3-6,13-14,17-18H,7-12H2,1-2H3. The van der Waals surface area contributed by atoms with E-state index in [1.807, 2.05) is 0 Å². The Hall–Kier alpha value is -0.860. The van der Waals surface area contributed by atoms with E-state index in [0.717, 1.165) is 25.6 Å². The van der Waals surface area contributed by atoms with Crippen molar-refractivity contribution in [1.29, 1.82) is 0 Å². The molecule has 0 aliphatic heterocycles. The second-order valence-electron chi connectivity index (χ2n) is 5.69. The molecule has 0 saturated heterocycles. The number of benzene rings is 1. The van der Waals surface area contributed by atoms with Crippen molar-refractivity contribution in [2.45, 2.75) is 39.2 Å². The SMILES string of the molecule is CC(C)NCCNCC1CCc2ccccc2C1. The van der Waals surface area contributed by atoms with Crippen molar-refractivity contribution in [3.8, 4) is 0 Å². The van der Waals surface area contributed by atoms with Gasteiger partial charge in [-0.05, 0) is 42.9 Å². The average Bonchev–Trinajstić information content (AvgIpc) is 2.38. The molecule has 0 heterocycles. The fraction of sp³-hybridized carbons (Fsp3) is 0.625. The number of rotatable bonds is 6. The smallest absolute Gasteiger partial charge is 0.00790 e. The molecule has 2 heteroatoms. The summed E-state index contributed by atoms with van der Waals surface area (Å²) in [6.45, 7) is 7.70. The molecular formula is C16H26N2. The van der Waals surface area contributed by atoms with E-state index in [9.17, 15) is 0 Å². The van der Waals surface area contributed by atoms with E-state index in [4.69, 9.17) is 0 Å². The van der Waals surface area contributed by atoms with Gasteiger partial charge in [0.05, 0.1) is 0 Å². The van der Waals surface area contributed by atoms with Gasteiger partial charge in [0.2, 0.25) is 0 Å². The second-order valence-corrected chi connectivity index (χ2v) is 5.69. The lowest BCUT2D eigenvalue weighted by Gasteiger charge is -2.25. The third kappa shape index (κ3) is 4.11. The predicted molar refractivity (Wildman–Crippen MR) is 78.0 cm³/mol. The van der Waals surface area contributed by atoms with Crippen molar-refractivity contribution in [3.63, 3.8) is 0 Å². The Labute approximate surface area is 111 Å². The Kier molecular flexibility index (Phi) is 5.21. The molecule has 1 aromatic rings. The summed E-state index contributed by atoms with van der Waals surface area (Å²) in [5.74, 6) is 0.818. The third-order valence-electron chi connectivity index (χ3n) is 3.74. The summed E-state index contributed by atoms with van der Waals surface area (Å²) in [7, 11) is 0. The van der Waals surface area contributed by atoms with E-state index in [1.54, 1.807) is 11.1 Å². The van der Waals surface area contributed by atoms with Gasteiger partial charge >= 0.3 is 0 Å². The van der Waals surface area contributed by atoms with Gasteiger partial charge in [-0.1, -0.05) is 38.1 Å². The van der Waals surface area contributed by atoms with Gasteiger partial charge in [0.1, 0.15) is 0 Å². The highest BCUT2D eigenvalue weighted by atomic mass is 15.0. The monoisotopic (exact) mass is 246 g/mol. The Morgan fingerprint density at radius 2 is 1.94 bits per heavy atom. The van der Waals surface area contributed by atoms with Crippen LogP contribution in [0.3, 0.4) is 0 Å². The minimum atomic E-state index is 0.591. The highest BCUT2D eigenvalue weighted by Gasteiger charge is 2.17.